The van der Waals surface area contributed by atoms with Gasteiger partial charge in [0.2, 0.25) is 17.8 Å². The molecule has 0 atom stereocenters. The summed E-state index contributed by atoms with van der Waals surface area (Å²) in [6.07, 6.45) is 0.933. The Kier molecular flexibility index (Phi) is 4.46. The molecule has 0 aromatic carbocycles. The monoisotopic (exact) mass is 306 g/mol. The molecule has 0 aliphatic carbocycles. The lowest BCUT2D eigenvalue weighted by Crippen LogP contribution is -2.37. The number of nitrogens with zero attached hydrogens (tertiary/aromatic N) is 4. The van der Waals surface area contributed by atoms with Gasteiger partial charge in [0.25, 0.3) is 0 Å². The standard InChI is InChI=1S/C13H18N6OS/c14-11-16-12(15-3-1-10-2-8-21-9-10)18-13(17-11)19-4-6-20-7-5-19/h2,8-9H,1,3-7H2,(H3,14,15,16,17,18). The second kappa shape index (κ2) is 6.68. The van der Waals surface area contributed by atoms with Crippen molar-refractivity contribution in [1.82, 2.24) is 15.0 Å². The van der Waals surface area contributed by atoms with Crippen LogP contribution in [0.2, 0.25) is 0 Å². The van der Waals surface area contributed by atoms with E-state index in [2.05, 4.69) is 42.0 Å². The Bertz CT molecular complexity index is 570. The van der Waals surface area contributed by atoms with Crippen molar-refractivity contribution in [3.8, 4) is 0 Å². The molecule has 112 valence electrons. The third-order valence-electron chi connectivity index (χ3n) is 3.21. The number of nitrogens with one attached hydrogen (secondary N) is 1. The van der Waals surface area contributed by atoms with Crippen LogP contribution in [-0.4, -0.2) is 47.8 Å². The molecule has 3 rings (SSSR count). The minimum atomic E-state index is 0.240. The zero-order chi connectivity index (χ0) is 14.5. The summed E-state index contributed by atoms with van der Waals surface area (Å²) in [6, 6.07) is 2.12. The van der Waals surface area contributed by atoms with Gasteiger partial charge in [-0.25, -0.2) is 0 Å². The first-order valence-corrected chi connectivity index (χ1v) is 7.85. The fourth-order valence-electron chi connectivity index (χ4n) is 2.12. The molecule has 8 heteroatoms. The Morgan fingerprint density at radius 1 is 1.29 bits per heavy atom. The van der Waals surface area contributed by atoms with E-state index in [4.69, 9.17) is 10.5 Å². The van der Waals surface area contributed by atoms with Crippen LogP contribution in [0, 0.1) is 0 Å². The van der Waals surface area contributed by atoms with Crippen LogP contribution in [0.5, 0.6) is 0 Å². The fraction of sp³-hybridized carbons (Fsp3) is 0.462. The molecule has 3 heterocycles. The minimum absolute atomic E-state index is 0.240. The van der Waals surface area contributed by atoms with Crippen LogP contribution in [0.15, 0.2) is 16.8 Å². The predicted molar refractivity (Wildman–Crippen MR) is 83.8 cm³/mol. The van der Waals surface area contributed by atoms with Crippen molar-refractivity contribution in [3.05, 3.63) is 22.4 Å². The molecule has 0 amide bonds. The van der Waals surface area contributed by atoms with Gasteiger partial charge in [-0.1, -0.05) is 0 Å². The number of nitrogen functional groups attached to an aromatic ring is 1. The maximum absolute atomic E-state index is 5.77. The van der Waals surface area contributed by atoms with E-state index < -0.39 is 0 Å². The molecule has 1 aliphatic rings. The number of morpholine rings is 1. The number of anilines is 3. The smallest absolute Gasteiger partial charge is 0.232 e. The number of rotatable bonds is 5. The Labute approximate surface area is 127 Å². The summed E-state index contributed by atoms with van der Waals surface area (Å²) in [5.74, 6) is 1.38. The molecular formula is C13H18N6OS. The van der Waals surface area contributed by atoms with E-state index in [-0.39, 0.29) is 5.95 Å². The second-order valence-corrected chi connectivity index (χ2v) is 5.51. The zero-order valence-electron chi connectivity index (χ0n) is 11.7. The second-order valence-electron chi connectivity index (χ2n) is 4.73. The number of ether oxygens (including phenoxy) is 1. The van der Waals surface area contributed by atoms with Gasteiger partial charge in [-0.15, -0.1) is 0 Å². The Morgan fingerprint density at radius 2 is 2.14 bits per heavy atom. The zero-order valence-corrected chi connectivity index (χ0v) is 12.5. The summed E-state index contributed by atoms with van der Waals surface area (Å²) in [5.41, 5.74) is 7.08. The van der Waals surface area contributed by atoms with Crippen molar-refractivity contribution in [2.24, 2.45) is 0 Å². The number of nitrogens with two attached hydrogens (primary N) is 1. The van der Waals surface area contributed by atoms with E-state index in [9.17, 15) is 0 Å². The SMILES string of the molecule is Nc1nc(NCCc2ccsc2)nc(N2CCOCC2)n1. The van der Waals surface area contributed by atoms with Gasteiger partial charge >= 0.3 is 0 Å². The molecule has 3 N–H and O–H groups in total. The van der Waals surface area contributed by atoms with Crippen molar-refractivity contribution < 1.29 is 4.74 Å². The van der Waals surface area contributed by atoms with Crippen molar-refractivity contribution >= 4 is 29.2 Å². The number of thiophene rings is 1. The first-order chi connectivity index (χ1) is 10.3. The van der Waals surface area contributed by atoms with Crippen LogP contribution in [0.3, 0.4) is 0 Å². The molecule has 2 aromatic rings. The Morgan fingerprint density at radius 3 is 2.90 bits per heavy atom. The predicted octanol–water partition coefficient (Wildman–Crippen LogP) is 1.01. The normalized spacial score (nSPS) is 15.1. The molecule has 0 bridgehead atoms. The molecule has 0 radical (unpaired) electrons. The van der Waals surface area contributed by atoms with E-state index in [1.54, 1.807) is 11.3 Å². The van der Waals surface area contributed by atoms with Crippen LogP contribution in [0.4, 0.5) is 17.8 Å². The van der Waals surface area contributed by atoms with E-state index >= 15 is 0 Å². The van der Waals surface area contributed by atoms with Gasteiger partial charge in [0, 0.05) is 19.6 Å². The lowest BCUT2D eigenvalue weighted by molar-refractivity contribution is 0.122. The third-order valence-corrected chi connectivity index (χ3v) is 3.94. The lowest BCUT2D eigenvalue weighted by atomic mass is 10.2. The maximum atomic E-state index is 5.77. The molecule has 1 saturated heterocycles. The summed E-state index contributed by atoms with van der Waals surface area (Å²) in [5, 5.41) is 7.43. The van der Waals surface area contributed by atoms with E-state index in [1.165, 1.54) is 5.56 Å². The van der Waals surface area contributed by atoms with Crippen molar-refractivity contribution in [3.63, 3.8) is 0 Å². The number of hydrogen-bond acceptors (Lipinski definition) is 8. The summed E-state index contributed by atoms with van der Waals surface area (Å²) in [4.78, 5) is 14.8. The van der Waals surface area contributed by atoms with Crippen LogP contribution >= 0.6 is 11.3 Å². The first kappa shape index (κ1) is 14.0. The molecule has 0 spiro atoms. The van der Waals surface area contributed by atoms with Gasteiger partial charge in [-0.2, -0.15) is 26.3 Å². The number of hydrogen-bond donors (Lipinski definition) is 2. The molecule has 1 aliphatic heterocycles. The Hall–Kier alpha value is -1.93. The van der Waals surface area contributed by atoms with Gasteiger partial charge < -0.3 is 20.7 Å². The largest absolute Gasteiger partial charge is 0.378 e. The summed E-state index contributed by atoms with van der Waals surface area (Å²) < 4.78 is 5.33. The molecule has 2 aromatic heterocycles. The van der Waals surface area contributed by atoms with Crippen molar-refractivity contribution in [1.29, 1.82) is 0 Å². The average Bonchev–Trinajstić information content (AvgIpc) is 3.01. The highest BCUT2D eigenvalue weighted by atomic mass is 32.1. The third kappa shape index (κ3) is 3.79. The highest BCUT2D eigenvalue weighted by Gasteiger charge is 2.15. The van der Waals surface area contributed by atoms with Crippen LogP contribution in [-0.2, 0) is 11.2 Å². The van der Waals surface area contributed by atoms with Gasteiger partial charge in [0.15, 0.2) is 0 Å². The molecule has 7 nitrogen and oxygen atoms in total. The van der Waals surface area contributed by atoms with E-state index in [0.29, 0.717) is 25.1 Å². The summed E-state index contributed by atoms with van der Waals surface area (Å²) in [6.45, 7) is 3.69. The van der Waals surface area contributed by atoms with E-state index in [1.807, 2.05) is 0 Å². The van der Waals surface area contributed by atoms with Crippen molar-refractivity contribution in [2.75, 3.05) is 48.8 Å². The molecule has 21 heavy (non-hydrogen) atoms. The Balaban J connectivity index is 1.63. The van der Waals surface area contributed by atoms with Crippen LogP contribution in [0.25, 0.3) is 0 Å². The molecule has 0 unspecified atom stereocenters. The lowest BCUT2D eigenvalue weighted by Gasteiger charge is -2.26. The summed E-state index contributed by atoms with van der Waals surface area (Å²) >= 11 is 1.70. The minimum Gasteiger partial charge on any atom is -0.378 e. The summed E-state index contributed by atoms with van der Waals surface area (Å²) in [7, 11) is 0. The first-order valence-electron chi connectivity index (χ1n) is 6.90. The maximum Gasteiger partial charge on any atom is 0.232 e. The highest BCUT2D eigenvalue weighted by Crippen LogP contribution is 2.14. The van der Waals surface area contributed by atoms with Crippen molar-refractivity contribution in [2.45, 2.75) is 6.42 Å². The molecule has 1 fully saturated rings. The molecular weight excluding hydrogens is 288 g/mol. The van der Waals surface area contributed by atoms with Gasteiger partial charge in [0.1, 0.15) is 0 Å². The number of aromatic nitrogens is 3. The topological polar surface area (TPSA) is 89.2 Å². The highest BCUT2D eigenvalue weighted by molar-refractivity contribution is 7.07. The van der Waals surface area contributed by atoms with Crippen LogP contribution in [0.1, 0.15) is 5.56 Å². The van der Waals surface area contributed by atoms with Crippen LogP contribution < -0.4 is 16.0 Å². The van der Waals surface area contributed by atoms with E-state index in [0.717, 1.165) is 26.1 Å². The molecule has 0 saturated carbocycles. The van der Waals surface area contributed by atoms with Gasteiger partial charge in [-0.05, 0) is 28.8 Å². The van der Waals surface area contributed by atoms with Gasteiger partial charge in [0.05, 0.1) is 13.2 Å². The quantitative estimate of drug-likeness (QED) is 0.852. The average molecular weight is 306 g/mol. The fourth-order valence-corrected chi connectivity index (χ4v) is 2.82. The van der Waals surface area contributed by atoms with Gasteiger partial charge in [-0.3, -0.25) is 0 Å².